The fourth-order valence-electron chi connectivity index (χ4n) is 2.01. The zero-order valence-electron chi connectivity index (χ0n) is 11.5. The Labute approximate surface area is 114 Å². The average Bonchev–Trinajstić information content (AvgIpc) is 2.51. The second kappa shape index (κ2) is 6.88. The first-order valence-electron chi connectivity index (χ1n) is 6.68. The van der Waals surface area contributed by atoms with Crippen molar-refractivity contribution in [3.05, 3.63) is 0 Å². The largest absolute Gasteiger partial charge is 0.344 e. The summed E-state index contributed by atoms with van der Waals surface area (Å²) in [6.45, 7) is 4.22. The lowest BCUT2D eigenvalue weighted by molar-refractivity contribution is -0.133. The molecule has 1 saturated heterocycles. The summed E-state index contributed by atoms with van der Waals surface area (Å²) in [5.74, 6) is -0.0181. The smallest absolute Gasteiger partial charge is 0.245 e. The summed E-state index contributed by atoms with van der Waals surface area (Å²) in [5.41, 5.74) is 0. The van der Waals surface area contributed by atoms with Crippen LogP contribution in [0.3, 0.4) is 0 Å². The second-order valence-electron chi connectivity index (χ2n) is 4.69. The quantitative estimate of drug-likeness (QED) is 0.743. The monoisotopic (exact) mass is 290 g/mol. The van der Waals surface area contributed by atoms with E-state index in [1.807, 2.05) is 6.92 Å². The van der Waals surface area contributed by atoms with Gasteiger partial charge in [-0.25, -0.2) is 8.42 Å². The maximum absolute atomic E-state index is 12.1. The van der Waals surface area contributed by atoms with Crippen LogP contribution in [0.5, 0.6) is 0 Å². The predicted molar refractivity (Wildman–Crippen MR) is 72.4 cm³/mol. The van der Waals surface area contributed by atoms with E-state index in [9.17, 15) is 18.0 Å². The van der Waals surface area contributed by atoms with Crippen molar-refractivity contribution in [1.82, 2.24) is 10.2 Å². The van der Waals surface area contributed by atoms with Crippen LogP contribution in [0, 0.1) is 0 Å². The molecule has 1 aliphatic heterocycles. The van der Waals surface area contributed by atoms with Gasteiger partial charge >= 0.3 is 0 Å². The summed E-state index contributed by atoms with van der Waals surface area (Å²) in [4.78, 5) is 25.1. The molecular formula is C12H22N2O4S. The molecule has 1 rings (SSSR count). The molecular weight excluding hydrogens is 268 g/mol. The van der Waals surface area contributed by atoms with E-state index >= 15 is 0 Å². The third-order valence-corrected chi connectivity index (χ3v) is 5.08. The highest BCUT2D eigenvalue weighted by atomic mass is 32.2. The van der Waals surface area contributed by atoms with Crippen molar-refractivity contribution in [2.45, 2.75) is 39.2 Å². The van der Waals surface area contributed by atoms with Gasteiger partial charge in [0.2, 0.25) is 11.8 Å². The van der Waals surface area contributed by atoms with Gasteiger partial charge in [0.05, 0.1) is 5.75 Å². The molecule has 6 nitrogen and oxygen atoms in total. The normalized spacial score (nSPS) is 21.2. The summed E-state index contributed by atoms with van der Waals surface area (Å²) in [6, 6.07) is -0.474. The van der Waals surface area contributed by atoms with E-state index in [4.69, 9.17) is 0 Å². The molecule has 0 bridgehead atoms. The van der Waals surface area contributed by atoms with Crippen LogP contribution in [0.2, 0.25) is 0 Å². The third-order valence-electron chi connectivity index (χ3n) is 3.29. The number of hydrogen-bond donors (Lipinski definition) is 1. The van der Waals surface area contributed by atoms with Crippen LogP contribution < -0.4 is 5.32 Å². The third kappa shape index (κ3) is 4.81. The van der Waals surface area contributed by atoms with E-state index < -0.39 is 15.9 Å². The number of sulfone groups is 1. The summed E-state index contributed by atoms with van der Waals surface area (Å²) >= 11 is 0. The lowest BCUT2D eigenvalue weighted by atomic mass is 10.2. The highest BCUT2D eigenvalue weighted by Crippen LogP contribution is 2.07. The molecule has 110 valence electrons. The van der Waals surface area contributed by atoms with Gasteiger partial charge in [-0.3, -0.25) is 9.59 Å². The predicted octanol–water partition coefficient (Wildman–Crippen LogP) is -0.0617. The van der Waals surface area contributed by atoms with Gasteiger partial charge in [0, 0.05) is 25.3 Å². The van der Waals surface area contributed by atoms with E-state index in [-0.39, 0.29) is 29.7 Å². The van der Waals surface area contributed by atoms with Crippen LogP contribution in [0.25, 0.3) is 0 Å². The Kier molecular flexibility index (Phi) is 5.78. The molecule has 7 heteroatoms. The zero-order valence-corrected chi connectivity index (χ0v) is 12.3. The van der Waals surface area contributed by atoms with Crippen LogP contribution in [-0.2, 0) is 19.4 Å². The van der Waals surface area contributed by atoms with Crippen LogP contribution >= 0.6 is 0 Å². The van der Waals surface area contributed by atoms with Gasteiger partial charge in [-0.15, -0.1) is 0 Å². The Morgan fingerprint density at radius 2 is 2.00 bits per heavy atom. The SMILES string of the molecule is CCC1NC(=O)CCN(CCCS(=O)(=O)CC)C1=O. The van der Waals surface area contributed by atoms with Crippen LogP contribution in [0.1, 0.15) is 33.1 Å². The molecule has 0 radical (unpaired) electrons. The Hall–Kier alpha value is -1.11. The highest BCUT2D eigenvalue weighted by molar-refractivity contribution is 7.91. The van der Waals surface area contributed by atoms with Crippen molar-refractivity contribution in [1.29, 1.82) is 0 Å². The van der Waals surface area contributed by atoms with Crippen molar-refractivity contribution in [2.24, 2.45) is 0 Å². The Morgan fingerprint density at radius 3 is 2.58 bits per heavy atom. The summed E-state index contributed by atoms with van der Waals surface area (Å²) in [7, 11) is -3.00. The summed E-state index contributed by atoms with van der Waals surface area (Å²) in [5, 5.41) is 2.68. The van der Waals surface area contributed by atoms with Gasteiger partial charge in [0.1, 0.15) is 15.9 Å². The van der Waals surface area contributed by atoms with Gasteiger partial charge in [0.25, 0.3) is 0 Å². The van der Waals surface area contributed by atoms with Crippen molar-refractivity contribution >= 4 is 21.7 Å². The molecule has 1 atom stereocenters. The Morgan fingerprint density at radius 1 is 1.32 bits per heavy atom. The van der Waals surface area contributed by atoms with Gasteiger partial charge < -0.3 is 10.2 Å². The topological polar surface area (TPSA) is 83.6 Å². The van der Waals surface area contributed by atoms with Gasteiger partial charge in [-0.2, -0.15) is 0 Å². The summed E-state index contributed by atoms with van der Waals surface area (Å²) in [6.07, 6.45) is 1.25. The van der Waals surface area contributed by atoms with Gasteiger partial charge in [-0.05, 0) is 12.8 Å². The van der Waals surface area contributed by atoms with Crippen LogP contribution in [0.15, 0.2) is 0 Å². The van der Waals surface area contributed by atoms with Gasteiger partial charge in [-0.1, -0.05) is 13.8 Å². The lowest BCUT2D eigenvalue weighted by Crippen LogP contribution is -2.44. The minimum Gasteiger partial charge on any atom is -0.344 e. The van der Waals surface area contributed by atoms with Crippen molar-refractivity contribution in [3.8, 4) is 0 Å². The summed E-state index contributed by atoms with van der Waals surface area (Å²) < 4.78 is 22.8. The minimum absolute atomic E-state index is 0.0887. The molecule has 1 fully saturated rings. The van der Waals surface area contributed by atoms with Crippen molar-refractivity contribution < 1.29 is 18.0 Å². The molecule has 19 heavy (non-hydrogen) atoms. The number of carbonyl (C=O) groups excluding carboxylic acids is 2. The number of nitrogens with one attached hydrogen (secondary N) is 1. The van der Waals surface area contributed by atoms with E-state index in [0.717, 1.165) is 0 Å². The van der Waals surface area contributed by atoms with Crippen molar-refractivity contribution in [3.63, 3.8) is 0 Å². The molecule has 0 aromatic rings. The molecule has 0 aromatic heterocycles. The number of carbonyl (C=O) groups is 2. The fraction of sp³-hybridized carbons (Fsp3) is 0.833. The van der Waals surface area contributed by atoms with Crippen LogP contribution in [0.4, 0.5) is 0 Å². The number of rotatable bonds is 6. The first kappa shape index (κ1) is 15.9. The van der Waals surface area contributed by atoms with E-state index in [1.54, 1.807) is 11.8 Å². The maximum atomic E-state index is 12.1. The Bertz CT molecular complexity index is 433. The molecule has 2 amide bonds. The molecule has 1 N–H and O–H groups in total. The van der Waals surface area contributed by atoms with Crippen LogP contribution in [-0.4, -0.2) is 55.8 Å². The molecule has 1 heterocycles. The number of nitrogens with zero attached hydrogens (tertiary/aromatic N) is 1. The first-order valence-corrected chi connectivity index (χ1v) is 8.50. The standard InChI is InChI=1S/C12H22N2O4S/c1-3-10-12(16)14(8-6-11(15)13-10)7-5-9-19(17,18)4-2/h10H,3-9H2,1-2H3,(H,13,15). The van der Waals surface area contributed by atoms with E-state index in [1.165, 1.54) is 0 Å². The van der Waals surface area contributed by atoms with Gasteiger partial charge in [0.15, 0.2) is 0 Å². The second-order valence-corrected chi connectivity index (χ2v) is 7.17. The zero-order chi connectivity index (χ0) is 14.5. The maximum Gasteiger partial charge on any atom is 0.245 e. The molecule has 0 aromatic carbocycles. The molecule has 1 aliphatic rings. The number of hydrogen-bond acceptors (Lipinski definition) is 4. The lowest BCUT2D eigenvalue weighted by Gasteiger charge is -2.23. The highest BCUT2D eigenvalue weighted by Gasteiger charge is 2.28. The minimum atomic E-state index is -3.00. The number of amides is 2. The van der Waals surface area contributed by atoms with E-state index in [0.29, 0.717) is 25.9 Å². The average molecular weight is 290 g/mol. The fourth-order valence-corrected chi connectivity index (χ4v) is 2.87. The van der Waals surface area contributed by atoms with Crippen molar-refractivity contribution in [2.75, 3.05) is 24.6 Å². The molecule has 0 spiro atoms. The first-order chi connectivity index (χ1) is 8.89. The Balaban J connectivity index is 2.56. The molecule has 1 unspecified atom stereocenters. The molecule has 0 aliphatic carbocycles. The molecule has 0 saturated carbocycles. The van der Waals surface area contributed by atoms with E-state index in [2.05, 4.69) is 5.32 Å².